The van der Waals surface area contributed by atoms with Crippen molar-refractivity contribution in [3.05, 3.63) is 0 Å². The van der Waals surface area contributed by atoms with E-state index < -0.39 is 5.97 Å². The minimum Gasteiger partial charge on any atom is -0.481 e. The molecule has 1 rings (SSSR count). The smallest absolute Gasteiger partial charge is 0.307 e. The van der Waals surface area contributed by atoms with Crippen molar-refractivity contribution in [2.45, 2.75) is 39.2 Å². The fourth-order valence-corrected chi connectivity index (χ4v) is 2.41. The third kappa shape index (κ3) is 3.46. The molecule has 16 heavy (non-hydrogen) atoms. The van der Waals surface area contributed by atoms with Gasteiger partial charge in [0.05, 0.1) is 5.92 Å². The van der Waals surface area contributed by atoms with Gasteiger partial charge in [-0.05, 0) is 51.7 Å². The first-order valence-corrected chi connectivity index (χ1v) is 6.23. The molecule has 1 fully saturated rings. The van der Waals surface area contributed by atoms with Crippen LogP contribution in [0.5, 0.6) is 0 Å². The summed E-state index contributed by atoms with van der Waals surface area (Å²) in [6.07, 6.45) is 3.43. The fourth-order valence-electron chi connectivity index (χ4n) is 2.41. The molecule has 0 bridgehead atoms. The number of carbonyl (C=O) groups is 1. The largest absolute Gasteiger partial charge is 0.481 e. The molecule has 0 aromatic rings. The monoisotopic (exact) mass is 228 g/mol. The van der Waals surface area contributed by atoms with Crippen molar-refractivity contribution in [1.82, 2.24) is 4.90 Å². The normalized spacial score (nSPS) is 22.9. The molecule has 3 N–H and O–H groups in total. The quantitative estimate of drug-likeness (QED) is 0.741. The topological polar surface area (TPSA) is 66.6 Å². The summed E-state index contributed by atoms with van der Waals surface area (Å²) in [6.45, 7) is 6.61. The third-order valence-corrected chi connectivity index (χ3v) is 3.91. The summed E-state index contributed by atoms with van der Waals surface area (Å²) in [5, 5.41) is 8.98. The first-order valence-electron chi connectivity index (χ1n) is 6.23. The zero-order chi connectivity index (χ0) is 12.1. The second kappa shape index (κ2) is 6.21. The summed E-state index contributed by atoms with van der Waals surface area (Å²) in [4.78, 5) is 13.2. The maximum absolute atomic E-state index is 10.9. The minimum atomic E-state index is -0.698. The van der Waals surface area contributed by atoms with E-state index in [9.17, 15) is 4.79 Å². The predicted octanol–water partition coefficient (Wildman–Crippen LogP) is 1.16. The van der Waals surface area contributed by atoms with Gasteiger partial charge in [0.1, 0.15) is 0 Å². The van der Waals surface area contributed by atoms with Gasteiger partial charge in [0.2, 0.25) is 0 Å². The van der Waals surface area contributed by atoms with Crippen LogP contribution in [0, 0.1) is 11.8 Å². The summed E-state index contributed by atoms with van der Waals surface area (Å²) in [5.74, 6) is -0.240. The molecule has 2 unspecified atom stereocenters. The molecule has 94 valence electrons. The van der Waals surface area contributed by atoms with E-state index in [1.807, 2.05) is 6.92 Å². The highest BCUT2D eigenvalue weighted by atomic mass is 16.4. The van der Waals surface area contributed by atoms with Crippen LogP contribution in [0.2, 0.25) is 0 Å². The molecule has 0 aromatic heterocycles. The van der Waals surface area contributed by atoms with Crippen molar-refractivity contribution in [3.63, 3.8) is 0 Å². The molecule has 0 amide bonds. The van der Waals surface area contributed by atoms with Crippen LogP contribution >= 0.6 is 0 Å². The Kier molecular flexibility index (Phi) is 5.22. The van der Waals surface area contributed by atoms with Crippen molar-refractivity contribution < 1.29 is 9.90 Å². The first-order chi connectivity index (χ1) is 7.56. The maximum atomic E-state index is 10.9. The lowest BCUT2D eigenvalue weighted by Gasteiger charge is -2.37. The van der Waals surface area contributed by atoms with Crippen LogP contribution < -0.4 is 5.73 Å². The molecule has 1 aliphatic rings. The molecule has 0 aromatic carbocycles. The SMILES string of the molecule is CC(C(=O)O)C(C)N1CCC(CCN)CC1. The molecule has 0 aliphatic carbocycles. The number of nitrogens with two attached hydrogens (primary N) is 1. The van der Waals surface area contributed by atoms with E-state index in [2.05, 4.69) is 4.90 Å². The van der Waals surface area contributed by atoms with Crippen LogP contribution in [0.4, 0.5) is 0 Å². The van der Waals surface area contributed by atoms with E-state index >= 15 is 0 Å². The summed E-state index contributed by atoms with van der Waals surface area (Å²) in [7, 11) is 0. The van der Waals surface area contributed by atoms with Gasteiger partial charge in [0.15, 0.2) is 0 Å². The van der Waals surface area contributed by atoms with E-state index in [1.54, 1.807) is 6.92 Å². The van der Waals surface area contributed by atoms with E-state index in [0.717, 1.165) is 44.8 Å². The van der Waals surface area contributed by atoms with Gasteiger partial charge in [-0.25, -0.2) is 0 Å². The number of rotatable bonds is 5. The molecule has 4 nitrogen and oxygen atoms in total. The Hall–Kier alpha value is -0.610. The second-order valence-corrected chi connectivity index (χ2v) is 4.92. The number of carboxylic acid groups (broad SMARTS) is 1. The van der Waals surface area contributed by atoms with Crippen molar-refractivity contribution in [3.8, 4) is 0 Å². The number of piperidine rings is 1. The van der Waals surface area contributed by atoms with Gasteiger partial charge in [-0.15, -0.1) is 0 Å². The Morgan fingerprint density at radius 2 is 2.00 bits per heavy atom. The molecular weight excluding hydrogens is 204 g/mol. The summed E-state index contributed by atoms with van der Waals surface area (Å²) < 4.78 is 0. The molecule has 1 heterocycles. The lowest BCUT2D eigenvalue weighted by Crippen LogP contribution is -2.45. The minimum absolute atomic E-state index is 0.135. The highest BCUT2D eigenvalue weighted by molar-refractivity contribution is 5.70. The Morgan fingerprint density at radius 1 is 1.44 bits per heavy atom. The average molecular weight is 228 g/mol. The van der Waals surface area contributed by atoms with Gasteiger partial charge in [-0.3, -0.25) is 9.69 Å². The third-order valence-electron chi connectivity index (χ3n) is 3.91. The number of aliphatic carboxylic acids is 1. The lowest BCUT2D eigenvalue weighted by molar-refractivity contribution is -0.143. The maximum Gasteiger partial charge on any atom is 0.307 e. The van der Waals surface area contributed by atoms with Gasteiger partial charge < -0.3 is 10.8 Å². The molecular formula is C12H24N2O2. The van der Waals surface area contributed by atoms with Gasteiger partial charge >= 0.3 is 5.97 Å². The van der Waals surface area contributed by atoms with E-state index in [4.69, 9.17) is 10.8 Å². The predicted molar refractivity (Wildman–Crippen MR) is 64.2 cm³/mol. The molecule has 2 atom stereocenters. The summed E-state index contributed by atoms with van der Waals surface area (Å²) in [5.41, 5.74) is 5.55. The van der Waals surface area contributed by atoms with Gasteiger partial charge in [0.25, 0.3) is 0 Å². The van der Waals surface area contributed by atoms with Crippen LogP contribution in [-0.2, 0) is 4.79 Å². The average Bonchev–Trinajstić information content (AvgIpc) is 2.28. The van der Waals surface area contributed by atoms with Crippen LogP contribution in [0.1, 0.15) is 33.1 Å². The van der Waals surface area contributed by atoms with Crippen molar-refractivity contribution in [1.29, 1.82) is 0 Å². The van der Waals surface area contributed by atoms with Crippen molar-refractivity contribution in [2.75, 3.05) is 19.6 Å². The van der Waals surface area contributed by atoms with Crippen LogP contribution in [0.25, 0.3) is 0 Å². The Labute approximate surface area is 97.8 Å². The molecule has 1 saturated heterocycles. The second-order valence-electron chi connectivity index (χ2n) is 4.92. The zero-order valence-electron chi connectivity index (χ0n) is 10.4. The van der Waals surface area contributed by atoms with Gasteiger partial charge in [-0.2, -0.15) is 0 Å². The fraction of sp³-hybridized carbons (Fsp3) is 0.917. The van der Waals surface area contributed by atoms with Gasteiger partial charge in [0, 0.05) is 6.04 Å². The molecule has 1 aliphatic heterocycles. The number of hydrogen-bond donors (Lipinski definition) is 2. The molecule has 0 spiro atoms. The lowest BCUT2D eigenvalue weighted by atomic mass is 9.91. The number of hydrogen-bond acceptors (Lipinski definition) is 3. The Morgan fingerprint density at radius 3 is 2.44 bits per heavy atom. The number of nitrogens with zero attached hydrogens (tertiary/aromatic N) is 1. The Bertz CT molecular complexity index is 225. The van der Waals surface area contributed by atoms with E-state index in [-0.39, 0.29) is 12.0 Å². The van der Waals surface area contributed by atoms with E-state index in [0.29, 0.717) is 0 Å². The Balaban J connectivity index is 2.38. The van der Waals surface area contributed by atoms with Gasteiger partial charge in [-0.1, -0.05) is 6.92 Å². The summed E-state index contributed by atoms with van der Waals surface area (Å²) in [6, 6.07) is 0.135. The van der Waals surface area contributed by atoms with Crippen LogP contribution in [0.15, 0.2) is 0 Å². The van der Waals surface area contributed by atoms with Crippen molar-refractivity contribution >= 4 is 5.97 Å². The number of likely N-dealkylation sites (tertiary alicyclic amines) is 1. The van der Waals surface area contributed by atoms with E-state index in [1.165, 1.54) is 0 Å². The number of carboxylic acids is 1. The van der Waals surface area contributed by atoms with Crippen LogP contribution in [-0.4, -0.2) is 41.7 Å². The van der Waals surface area contributed by atoms with Crippen molar-refractivity contribution in [2.24, 2.45) is 17.6 Å². The standard InChI is InChI=1S/C12H24N2O2/c1-9(12(15)16)10(2)14-7-4-11(3-6-13)5-8-14/h9-11H,3-8,13H2,1-2H3,(H,15,16). The molecule has 4 heteroatoms. The molecule has 0 radical (unpaired) electrons. The van der Waals surface area contributed by atoms with Crippen LogP contribution in [0.3, 0.4) is 0 Å². The first kappa shape index (κ1) is 13.5. The highest BCUT2D eigenvalue weighted by Crippen LogP contribution is 2.23. The summed E-state index contributed by atoms with van der Waals surface area (Å²) >= 11 is 0. The highest BCUT2D eigenvalue weighted by Gasteiger charge is 2.28. The zero-order valence-corrected chi connectivity index (χ0v) is 10.4. The molecule has 0 saturated carbocycles.